The lowest BCUT2D eigenvalue weighted by Crippen LogP contribution is -2.53. The quantitative estimate of drug-likeness (QED) is 0.833. The zero-order chi connectivity index (χ0) is 15.8. The summed E-state index contributed by atoms with van der Waals surface area (Å²) >= 11 is 0. The summed E-state index contributed by atoms with van der Waals surface area (Å²) in [5, 5.41) is 11.2. The normalized spacial score (nSPS) is 20.4. The Kier molecular flexibility index (Phi) is 3.83. The van der Waals surface area contributed by atoms with E-state index in [0.717, 1.165) is 6.07 Å². The zero-order valence-corrected chi connectivity index (χ0v) is 11.0. The molecule has 1 aliphatic rings. The molecule has 0 bridgehead atoms. The zero-order valence-electron chi connectivity index (χ0n) is 11.0. The van der Waals surface area contributed by atoms with Gasteiger partial charge in [-0.25, -0.2) is 4.39 Å². The van der Waals surface area contributed by atoms with Crippen LogP contribution in [0.5, 0.6) is 5.75 Å². The number of carbonyl (C=O) groups is 1. The van der Waals surface area contributed by atoms with Gasteiger partial charge in [0.2, 0.25) is 0 Å². The fourth-order valence-corrected chi connectivity index (χ4v) is 1.84. The lowest BCUT2D eigenvalue weighted by Gasteiger charge is -2.26. The van der Waals surface area contributed by atoms with E-state index in [9.17, 15) is 27.5 Å². The van der Waals surface area contributed by atoms with Gasteiger partial charge in [-0.15, -0.1) is 0 Å². The van der Waals surface area contributed by atoms with Gasteiger partial charge >= 0.3 is 6.18 Å². The summed E-state index contributed by atoms with van der Waals surface area (Å²) in [4.78, 5) is 11.8. The van der Waals surface area contributed by atoms with E-state index in [-0.39, 0.29) is 6.42 Å². The van der Waals surface area contributed by atoms with Gasteiger partial charge in [0.1, 0.15) is 11.6 Å². The predicted molar refractivity (Wildman–Crippen MR) is 64.2 cm³/mol. The van der Waals surface area contributed by atoms with E-state index in [0.29, 0.717) is 18.2 Å². The van der Waals surface area contributed by atoms with Crippen LogP contribution >= 0.6 is 0 Å². The van der Waals surface area contributed by atoms with Gasteiger partial charge in [0, 0.05) is 12.0 Å². The van der Waals surface area contributed by atoms with Crippen molar-refractivity contribution in [3.05, 3.63) is 29.6 Å². The van der Waals surface area contributed by atoms with Gasteiger partial charge in [0.05, 0.1) is 6.54 Å². The molecule has 2 unspecified atom stereocenters. The fourth-order valence-electron chi connectivity index (χ4n) is 1.84. The third kappa shape index (κ3) is 3.26. The molecule has 1 heterocycles. The van der Waals surface area contributed by atoms with E-state index in [2.05, 4.69) is 0 Å². The van der Waals surface area contributed by atoms with E-state index < -0.39 is 36.2 Å². The number of halogens is 4. The van der Waals surface area contributed by atoms with Crippen LogP contribution in [-0.2, 0) is 11.2 Å². The lowest BCUT2D eigenvalue weighted by atomic mass is 10.1. The SMILES string of the molecule is CC(O)(CNC(=O)C1Cc2cc(F)ccc2O1)C(F)(F)F. The average molecular weight is 307 g/mol. The first-order valence-electron chi connectivity index (χ1n) is 6.12. The molecule has 2 atom stereocenters. The number of carbonyl (C=O) groups excluding carboxylic acids is 1. The highest BCUT2D eigenvalue weighted by Gasteiger charge is 2.50. The number of hydrogen-bond donors (Lipinski definition) is 2. The predicted octanol–water partition coefficient (Wildman–Crippen LogP) is 1.56. The maximum atomic E-state index is 13.0. The maximum absolute atomic E-state index is 13.0. The topological polar surface area (TPSA) is 58.6 Å². The molecular weight excluding hydrogens is 294 g/mol. The summed E-state index contributed by atoms with van der Waals surface area (Å²) in [7, 11) is 0. The first-order chi connectivity index (χ1) is 9.60. The molecule has 1 aromatic rings. The van der Waals surface area contributed by atoms with Crippen molar-refractivity contribution in [2.75, 3.05) is 6.54 Å². The Morgan fingerprint density at radius 2 is 2.14 bits per heavy atom. The molecule has 4 nitrogen and oxygen atoms in total. The van der Waals surface area contributed by atoms with Crippen molar-refractivity contribution in [3.8, 4) is 5.75 Å². The molecule has 1 amide bonds. The van der Waals surface area contributed by atoms with E-state index in [1.54, 1.807) is 0 Å². The van der Waals surface area contributed by atoms with Crippen LogP contribution in [0.15, 0.2) is 18.2 Å². The number of ether oxygens (including phenoxy) is 1. The third-order valence-corrected chi connectivity index (χ3v) is 3.21. The van der Waals surface area contributed by atoms with Crippen LogP contribution in [0.25, 0.3) is 0 Å². The number of aliphatic hydroxyl groups is 1. The van der Waals surface area contributed by atoms with E-state index in [4.69, 9.17) is 4.74 Å². The van der Waals surface area contributed by atoms with Crippen LogP contribution < -0.4 is 10.1 Å². The smallest absolute Gasteiger partial charge is 0.418 e. The van der Waals surface area contributed by atoms with Gasteiger partial charge in [-0.2, -0.15) is 13.2 Å². The van der Waals surface area contributed by atoms with Gasteiger partial charge in [0.15, 0.2) is 11.7 Å². The van der Waals surface area contributed by atoms with Crippen molar-refractivity contribution >= 4 is 5.91 Å². The first kappa shape index (κ1) is 15.6. The molecule has 0 aliphatic carbocycles. The second-order valence-corrected chi connectivity index (χ2v) is 5.05. The van der Waals surface area contributed by atoms with Crippen LogP contribution in [-0.4, -0.2) is 35.4 Å². The fraction of sp³-hybridized carbons (Fsp3) is 0.462. The van der Waals surface area contributed by atoms with Gasteiger partial charge in [-0.05, 0) is 25.1 Å². The van der Waals surface area contributed by atoms with Crippen LogP contribution in [0.1, 0.15) is 12.5 Å². The number of rotatable bonds is 3. The van der Waals surface area contributed by atoms with E-state index in [1.165, 1.54) is 12.1 Å². The molecule has 0 saturated carbocycles. The Morgan fingerprint density at radius 1 is 1.48 bits per heavy atom. The Labute approximate surface area is 117 Å². The summed E-state index contributed by atoms with van der Waals surface area (Å²) in [5.41, 5.74) is -2.56. The molecular formula is C13H13F4NO3. The van der Waals surface area contributed by atoms with Crippen molar-refractivity contribution < 1.29 is 32.2 Å². The van der Waals surface area contributed by atoms with E-state index >= 15 is 0 Å². The molecule has 21 heavy (non-hydrogen) atoms. The van der Waals surface area contributed by atoms with Gasteiger partial charge in [-0.3, -0.25) is 4.79 Å². The third-order valence-electron chi connectivity index (χ3n) is 3.21. The van der Waals surface area contributed by atoms with Crippen LogP contribution in [0, 0.1) is 5.82 Å². The van der Waals surface area contributed by atoms with Gasteiger partial charge < -0.3 is 15.2 Å². The van der Waals surface area contributed by atoms with E-state index in [1.807, 2.05) is 5.32 Å². The monoisotopic (exact) mass is 307 g/mol. The minimum atomic E-state index is -4.86. The van der Waals surface area contributed by atoms with Crippen molar-refractivity contribution in [3.63, 3.8) is 0 Å². The number of alkyl halides is 3. The molecule has 1 aliphatic heterocycles. The van der Waals surface area contributed by atoms with Crippen molar-refractivity contribution in [2.24, 2.45) is 0 Å². The van der Waals surface area contributed by atoms with Crippen LogP contribution in [0.3, 0.4) is 0 Å². The minimum absolute atomic E-state index is 0.0626. The number of fused-ring (bicyclic) bond motifs is 1. The molecule has 2 N–H and O–H groups in total. The highest BCUT2D eigenvalue weighted by atomic mass is 19.4. The minimum Gasteiger partial charge on any atom is -0.480 e. The summed E-state index contributed by atoms with van der Waals surface area (Å²) in [6.45, 7) is -0.424. The standard InChI is InChI=1S/C13H13F4NO3/c1-12(20,13(15,16)17)6-18-11(19)10-5-7-4-8(14)2-3-9(7)21-10/h2-4,10,20H,5-6H2,1H3,(H,18,19). The molecule has 0 spiro atoms. The van der Waals surface area contributed by atoms with Crippen molar-refractivity contribution in [2.45, 2.75) is 31.2 Å². The first-order valence-corrected chi connectivity index (χ1v) is 6.12. The molecule has 0 aromatic heterocycles. The summed E-state index contributed by atoms with van der Waals surface area (Å²) in [5.74, 6) is -0.964. The Bertz CT molecular complexity index is 557. The van der Waals surface area contributed by atoms with Crippen LogP contribution in [0.4, 0.5) is 17.6 Å². The molecule has 8 heteroatoms. The second-order valence-electron chi connectivity index (χ2n) is 5.05. The Hall–Kier alpha value is -1.83. The molecule has 0 radical (unpaired) electrons. The van der Waals surface area contributed by atoms with Gasteiger partial charge in [0.25, 0.3) is 5.91 Å². The molecule has 0 fully saturated rings. The summed E-state index contributed by atoms with van der Waals surface area (Å²) < 4.78 is 55.6. The maximum Gasteiger partial charge on any atom is 0.418 e. The highest BCUT2D eigenvalue weighted by Crippen LogP contribution is 2.31. The molecule has 116 valence electrons. The Morgan fingerprint density at radius 3 is 2.76 bits per heavy atom. The Balaban J connectivity index is 1.95. The lowest BCUT2D eigenvalue weighted by molar-refractivity contribution is -0.250. The summed E-state index contributed by atoms with van der Waals surface area (Å²) in [6.07, 6.45) is -5.83. The highest BCUT2D eigenvalue weighted by molar-refractivity contribution is 5.82. The number of benzene rings is 1. The number of nitrogens with one attached hydrogen (secondary N) is 1. The average Bonchev–Trinajstić information content (AvgIpc) is 2.77. The van der Waals surface area contributed by atoms with Gasteiger partial charge in [-0.1, -0.05) is 0 Å². The molecule has 0 saturated heterocycles. The largest absolute Gasteiger partial charge is 0.480 e. The number of amides is 1. The van der Waals surface area contributed by atoms with Crippen molar-refractivity contribution in [1.82, 2.24) is 5.32 Å². The van der Waals surface area contributed by atoms with Crippen LogP contribution in [0.2, 0.25) is 0 Å². The summed E-state index contributed by atoms with van der Waals surface area (Å²) in [6, 6.07) is 3.71. The second kappa shape index (κ2) is 5.18. The molecule has 1 aromatic carbocycles. The van der Waals surface area contributed by atoms with Crippen molar-refractivity contribution in [1.29, 1.82) is 0 Å². The molecule has 2 rings (SSSR count). The number of hydrogen-bond acceptors (Lipinski definition) is 3.